The summed E-state index contributed by atoms with van der Waals surface area (Å²) in [5, 5.41) is 2.66. The molecule has 0 radical (unpaired) electrons. The average Bonchev–Trinajstić information content (AvgIpc) is 2.70. The lowest BCUT2D eigenvalue weighted by atomic mass is 10.0. The zero-order valence-electron chi connectivity index (χ0n) is 17.8. The molecule has 0 heterocycles. The number of sulfonamides is 1. The van der Waals surface area contributed by atoms with Gasteiger partial charge in [-0.15, -0.1) is 0 Å². The number of Topliss-reactive ketones (excluding diaryl/α,β-unsaturated/α-hetero) is 1. The third kappa shape index (κ3) is 7.21. The van der Waals surface area contributed by atoms with Gasteiger partial charge in [-0.2, -0.15) is 0 Å². The van der Waals surface area contributed by atoms with Crippen LogP contribution in [-0.2, 0) is 19.6 Å². The van der Waals surface area contributed by atoms with Gasteiger partial charge in [-0.25, -0.2) is 13.2 Å². The van der Waals surface area contributed by atoms with E-state index in [2.05, 4.69) is 10.0 Å². The van der Waals surface area contributed by atoms with Gasteiger partial charge in [-0.3, -0.25) is 14.3 Å². The van der Waals surface area contributed by atoms with Gasteiger partial charge in [0.25, 0.3) is 5.91 Å². The molecule has 0 aliphatic rings. The van der Waals surface area contributed by atoms with Crippen LogP contribution in [0.15, 0.2) is 54.6 Å². The summed E-state index contributed by atoms with van der Waals surface area (Å²) in [4.78, 5) is 37.7. The summed E-state index contributed by atoms with van der Waals surface area (Å²) in [6.07, 6.45) is -0.0638. The molecule has 166 valence electrons. The topological polar surface area (TPSA) is 119 Å². The number of rotatable bonds is 9. The molecule has 2 N–H and O–H groups in total. The lowest BCUT2D eigenvalue weighted by Crippen LogP contribution is -2.46. The van der Waals surface area contributed by atoms with Crippen molar-refractivity contribution in [3.8, 4) is 0 Å². The standard InChI is InChI=1S/C22H26N2O6S/c1-14(2)19(23-21(26)17-8-6-5-7-9-17)22(27)30-15(3)20(25)16-10-12-18(13-11-16)24-31(4,28)29/h5-15,19,24H,1-4H3,(H,23,26)/t15?,19-/m0/s1. The number of carbonyl (C=O) groups excluding carboxylic acids is 3. The molecule has 0 aliphatic heterocycles. The van der Waals surface area contributed by atoms with E-state index in [0.29, 0.717) is 11.3 Å². The van der Waals surface area contributed by atoms with E-state index in [1.54, 1.807) is 44.2 Å². The quantitative estimate of drug-likeness (QED) is 0.452. The van der Waals surface area contributed by atoms with Crippen LogP contribution in [-0.4, -0.2) is 44.5 Å². The Morgan fingerprint density at radius 1 is 0.871 bits per heavy atom. The van der Waals surface area contributed by atoms with Crippen LogP contribution in [0, 0.1) is 5.92 Å². The highest BCUT2D eigenvalue weighted by molar-refractivity contribution is 7.92. The van der Waals surface area contributed by atoms with Crippen LogP contribution in [0.2, 0.25) is 0 Å². The molecule has 1 unspecified atom stereocenters. The molecule has 0 bridgehead atoms. The minimum atomic E-state index is -3.43. The molecule has 2 atom stereocenters. The first-order valence-corrected chi connectivity index (χ1v) is 11.6. The van der Waals surface area contributed by atoms with Crippen LogP contribution in [0.3, 0.4) is 0 Å². The number of benzene rings is 2. The van der Waals surface area contributed by atoms with Gasteiger partial charge < -0.3 is 10.1 Å². The summed E-state index contributed by atoms with van der Waals surface area (Å²) in [7, 11) is -3.43. The van der Waals surface area contributed by atoms with Crippen LogP contribution in [0.1, 0.15) is 41.5 Å². The van der Waals surface area contributed by atoms with Gasteiger partial charge in [-0.1, -0.05) is 32.0 Å². The molecule has 0 spiro atoms. The Labute approximate surface area is 182 Å². The largest absolute Gasteiger partial charge is 0.453 e. The predicted molar refractivity (Wildman–Crippen MR) is 117 cm³/mol. The number of ketones is 1. The van der Waals surface area contributed by atoms with Gasteiger partial charge in [-0.05, 0) is 49.2 Å². The number of anilines is 1. The van der Waals surface area contributed by atoms with Crippen LogP contribution < -0.4 is 10.0 Å². The monoisotopic (exact) mass is 446 g/mol. The predicted octanol–water partition coefficient (Wildman–Crippen LogP) is 2.63. The maximum absolute atomic E-state index is 12.6. The molecule has 1 amide bonds. The van der Waals surface area contributed by atoms with Crippen molar-refractivity contribution < 1.29 is 27.5 Å². The van der Waals surface area contributed by atoms with E-state index < -0.39 is 39.8 Å². The average molecular weight is 447 g/mol. The van der Waals surface area contributed by atoms with Crippen LogP contribution in [0.4, 0.5) is 5.69 Å². The van der Waals surface area contributed by atoms with Gasteiger partial charge in [0.2, 0.25) is 15.8 Å². The maximum atomic E-state index is 12.6. The van der Waals surface area contributed by atoms with E-state index in [1.165, 1.54) is 31.2 Å². The second kappa shape index (κ2) is 10.2. The molecule has 0 fully saturated rings. The highest BCUT2D eigenvalue weighted by Gasteiger charge is 2.29. The van der Waals surface area contributed by atoms with E-state index in [-0.39, 0.29) is 11.5 Å². The van der Waals surface area contributed by atoms with E-state index in [0.717, 1.165) is 6.26 Å². The smallest absolute Gasteiger partial charge is 0.329 e. The first kappa shape index (κ1) is 24.1. The third-order valence-corrected chi connectivity index (χ3v) is 4.98. The second-order valence-electron chi connectivity index (χ2n) is 7.46. The molecule has 9 heteroatoms. The summed E-state index contributed by atoms with van der Waals surface area (Å²) >= 11 is 0. The Hall–Kier alpha value is -3.20. The van der Waals surface area contributed by atoms with E-state index in [4.69, 9.17) is 4.74 Å². The Morgan fingerprint density at radius 2 is 1.45 bits per heavy atom. The molecule has 31 heavy (non-hydrogen) atoms. The number of hydrogen-bond donors (Lipinski definition) is 2. The maximum Gasteiger partial charge on any atom is 0.329 e. The van der Waals surface area contributed by atoms with Crippen molar-refractivity contribution in [2.24, 2.45) is 5.92 Å². The van der Waals surface area contributed by atoms with Gasteiger partial charge in [0.1, 0.15) is 6.04 Å². The zero-order chi connectivity index (χ0) is 23.2. The number of ether oxygens (including phenoxy) is 1. The normalized spacial score (nSPS) is 13.2. The van der Waals surface area contributed by atoms with Crippen LogP contribution in [0.5, 0.6) is 0 Å². The Balaban J connectivity index is 2.04. The summed E-state index contributed by atoms with van der Waals surface area (Å²) in [6.45, 7) is 4.97. The molecule has 0 saturated heterocycles. The SMILES string of the molecule is CC(OC(=O)[C@@H](NC(=O)c1ccccc1)C(C)C)C(=O)c1ccc(NS(C)(=O)=O)cc1. The van der Waals surface area contributed by atoms with Crippen molar-refractivity contribution in [1.29, 1.82) is 0 Å². The Kier molecular flexibility index (Phi) is 7.93. The number of carbonyl (C=O) groups is 3. The fourth-order valence-corrected chi connectivity index (χ4v) is 3.33. The molecule has 0 aliphatic carbocycles. The molecule has 0 aromatic heterocycles. The minimum Gasteiger partial charge on any atom is -0.453 e. The minimum absolute atomic E-state index is 0.258. The zero-order valence-corrected chi connectivity index (χ0v) is 18.6. The number of hydrogen-bond acceptors (Lipinski definition) is 6. The van der Waals surface area contributed by atoms with E-state index in [1.807, 2.05) is 0 Å². The van der Waals surface area contributed by atoms with Crippen LogP contribution in [0.25, 0.3) is 0 Å². The first-order valence-electron chi connectivity index (χ1n) is 9.66. The fraction of sp³-hybridized carbons (Fsp3) is 0.318. The molecular weight excluding hydrogens is 420 g/mol. The molecule has 2 rings (SSSR count). The molecular formula is C22H26N2O6S. The highest BCUT2D eigenvalue weighted by atomic mass is 32.2. The molecule has 2 aromatic rings. The summed E-state index contributed by atoms with van der Waals surface area (Å²) < 4.78 is 30.2. The van der Waals surface area contributed by atoms with Crippen molar-refractivity contribution in [1.82, 2.24) is 5.32 Å². The Morgan fingerprint density at radius 3 is 1.97 bits per heavy atom. The molecule has 0 saturated carbocycles. The van der Waals surface area contributed by atoms with Gasteiger partial charge >= 0.3 is 5.97 Å². The number of esters is 1. The second-order valence-corrected chi connectivity index (χ2v) is 9.20. The van der Waals surface area contributed by atoms with Crippen molar-refractivity contribution in [2.75, 3.05) is 11.0 Å². The lowest BCUT2D eigenvalue weighted by molar-refractivity contribution is -0.149. The summed E-state index contributed by atoms with van der Waals surface area (Å²) in [5.74, 6) is -1.83. The van der Waals surface area contributed by atoms with Crippen molar-refractivity contribution in [2.45, 2.75) is 32.9 Å². The van der Waals surface area contributed by atoms with Crippen LogP contribution >= 0.6 is 0 Å². The third-order valence-electron chi connectivity index (χ3n) is 4.38. The molecule has 8 nitrogen and oxygen atoms in total. The highest BCUT2D eigenvalue weighted by Crippen LogP contribution is 2.15. The number of amides is 1. The Bertz CT molecular complexity index is 1030. The molecule has 2 aromatic carbocycles. The fourth-order valence-electron chi connectivity index (χ4n) is 2.76. The van der Waals surface area contributed by atoms with E-state index >= 15 is 0 Å². The summed E-state index contributed by atoms with van der Waals surface area (Å²) in [5.41, 5.74) is 0.980. The van der Waals surface area contributed by atoms with Crippen molar-refractivity contribution in [3.63, 3.8) is 0 Å². The summed E-state index contributed by atoms with van der Waals surface area (Å²) in [6, 6.07) is 13.3. The van der Waals surface area contributed by atoms with Gasteiger partial charge in [0.05, 0.1) is 6.26 Å². The number of nitrogens with one attached hydrogen (secondary N) is 2. The van der Waals surface area contributed by atoms with Crippen molar-refractivity contribution >= 4 is 33.4 Å². The lowest BCUT2D eigenvalue weighted by Gasteiger charge is -2.23. The van der Waals surface area contributed by atoms with Crippen molar-refractivity contribution in [3.05, 3.63) is 65.7 Å². The van der Waals surface area contributed by atoms with Gasteiger partial charge in [0.15, 0.2) is 6.10 Å². The van der Waals surface area contributed by atoms with E-state index in [9.17, 15) is 22.8 Å². The first-order chi connectivity index (χ1) is 14.5. The van der Waals surface area contributed by atoms with Gasteiger partial charge in [0, 0.05) is 16.8 Å².